The highest BCUT2D eigenvalue weighted by atomic mass is 79.9. The molecule has 0 radical (unpaired) electrons. The van der Waals surface area contributed by atoms with Crippen molar-refractivity contribution in [1.82, 2.24) is 10.1 Å². The molecule has 3 rings (SSSR count). The van der Waals surface area contributed by atoms with Gasteiger partial charge in [0.2, 0.25) is 17.6 Å². The maximum Gasteiger partial charge on any atom is 0.417 e. The van der Waals surface area contributed by atoms with Crippen molar-refractivity contribution in [3.8, 4) is 10.7 Å². The minimum Gasteiger partial charge on any atom is -0.339 e. The van der Waals surface area contributed by atoms with E-state index < -0.39 is 17.6 Å². The predicted octanol–water partition coefficient (Wildman–Crippen LogP) is 5.15. The number of hydrogen-bond donors (Lipinski definition) is 1. The Balaban J connectivity index is 1.60. The summed E-state index contributed by atoms with van der Waals surface area (Å²) in [5.41, 5.74) is -0.789. The first-order valence-electron chi connectivity index (χ1n) is 7.36. The molecule has 136 valence electrons. The van der Waals surface area contributed by atoms with Gasteiger partial charge in [0.25, 0.3) is 0 Å². The van der Waals surface area contributed by atoms with Crippen molar-refractivity contribution in [3.05, 3.63) is 51.6 Å². The molecule has 1 amide bonds. The van der Waals surface area contributed by atoms with Gasteiger partial charge in [-0.3, -0.25) is 4.79 Å². The van der Waals surface area contributed by atoms with Crippen LogP contribution in [-0.2, 0) is 17.4 Å². The highest BCUT2D eigenvalue weighted by Gasteiger charge is 2.33. The highest BCUT2D eigenvalue weighted by Crippen LogP contribution is 2.36. The number of thiophene rings is 1. The lowest BCUT2D eigenvalue weighted by Crippen LogP contribution is -2.14. The van der Waals surface area contributed by atoms with Crippen LogP contribution in [0.25, 0.3) is 10.7 Å². The zero-order valence-corrected chi connectivity index (χ0v) is 15.4. The average Bonchev–Trinajstić information content (AvgIpc) is 3.25. The number of benzene rings is 1. The van der Waals surface area contributed by atoms with Crippen LogP contribution in [0.1, 0.15) is 17.9 Å². The molecule has 0 aliphatic carbocycles. The second-order valence-corrected chi connectivity index (χ2v) is 7.03. The second-order valence-electron chi connectivity index (χ2n) is 5.23. The summed E-state index contributed by atoms with van der Waals surface area (Å²) in [5.74, 6) is 0.282. The van der Waals surface area contributed by atoms with Crippen LogP contribution in [0.5, 0.6) is 0 Å². The van der Waals surface area contributed by atoms with Crippen LogP contribution in [-0.4, -0.2) is 16.0 Å². The van der Waals surface area contributed by atoms with E-state index in [2.05, 4.69) is 31.4 Å². The highest BCUT2D eigenvalue weighted by molar-refractivity contribution is 9.10. The molecule has 0 saturated carbocycles. The van der Waals surface area contributed by atoms with Gasteiger partial charge in [0, 0.05) is 23.0 Å². The molecule has 5 nitrogen and oxygen atoms in total. The molecule has 26 heavy (non-hydrogen) atoms. The zero-order chi connectivity index (χ0) is 18.7. The first-order valence-corrected chi connectivity index (χ1v) is 9.03. The molecule has 10 heteroatoms. The van der Waals surface area contributed by atoms with Gasteiger partial charge in [-0.25, -0.2) is 0 Å². The zero-order valence-electron chi connectivity index (χ0n) is 13.0. The fourth-order valence-electron chi connectivity index (χ4n) is 2.13. The Bertz CT molecular complexity index is 910. The van der Waals surface area contributed by atoms with Crippen LogP contribution in [0.3, 0.4) is 0 Å². The van der Waals surface area contributed by atoms with Crippen LogP contribution in [0, 0.1) is 0 Å². The van der Waals surface area contributed by atoms with Gasteiger partial charge in [0.1, 0.15) is 0 Å². The van der Waals surface area contributed by atoms with Crippen LogP contribution in [0.15, 0.2) is 44.7 Å². The van der Waals surface area contributed by atoms with E-state index in [9.17, 15) is 18.0 Å². The molecule has 0 spiro atoms. The SMILES string of the molecule is O=C(CCc1nc(-c2cccs2)no1)Nc1ccc(Br)c(C(F)(F)F)c1. The number of nitrogens with zero attached hydrogens (tertiary/aromatic N) is 2. The molecule has 2 aromatic heterocycles. The van der Waals surface area contributed by atoms with E-state index in [-0.39, 0.29) is 28.9 Å². The first kappa shape index (κ1) is 18.6. The number of halogens is 4. The normalized spacial score (nSPS) is 11.5. The van der Waals surface area contributed by atoms with Gasteiger partial charge in [0.05, 0.1) is 10.4 Å². The Hall–Kier alpha value is -2.20. The molecule has 0 fully saturated rings. The van der Waals surface area contributed by atoms with Crippen molar-refractivity contribution in [3.63, 3.8) is 0 Å². The van der Waals surface area contributed by atoms with E-state index in [1.165, 1.54) is 23.5 Å². The largest absolute Gasteiger partial charge is 0.417 e. The number of carbonyl (C=O) groups excluding carboxylic acids is 1. The third-order valence-electron chi connectivity index (χ3n) is 3.33. The van der Waals surface area contributed by atoms with Crippen molar-refractivity contribution in [2.24, 2.45) is 0 Å². The molecule has 2 heterocycles. The monoisotopic (exact) mass is 445 g/mol. The lowest BCUT2D eigenvalue weighted by atomic mass is 10.2. The van der Waals surface area contributed by atoms with Gasteiger partial charge in [-0.1, -0.05) is 27.2 Å². The van der Waals surface area contributed by atoms with Gasteiger partial charge >= 0.3 is 6.18 Å². The third-order valence-corrected chi connectivity index (χ3v) is 4.89. The van der Waals surface area contributed by atoms with Crippen molar-refractivity contribution >= 4 is 38.9 Å². The summed E-state index contributed by atoms with van der Waals surface area (Å²) in [7, 11) is 0. The number of aryl methyl sites for hydroxylation is 1. The Morgan fingerprint density at radius 3 is 2.81 bits per heavy atom. The smallest absolute Gasteiger partial charge is 0.339 e. The molecule has 1 N–H and O–H groups in total. The number of anilines is 1. The summed E-state index contributed by atoms with van der Waals surface area (Å²) >= 11 is 4.31. The summed E-state index contributed by atoms with van der Waals surface area (Å²) < 4.78 is 43.6. The van der Waals surface area contributed by atoms with E-state index in [4.69, 9.17) is 4.52 Å². The molecule has 0 saturated heterocycles. The first-order chi connectivity index (χ1) is 12.3. The number of hydrogen-bond acceptors (Lipinski definition) is 5. The molecule has 0 unspecified atom stereocenters. The minimum atomic E-state index is -4.51. The average molecular weight is 446 g/mol. The number of alkyl halides is 3. The minimum absolute atomic E-state index is 0.00346. The topological polar surface area (TPSA) is 68.0 Å². The number of carbonyl (C=O) groups is 1. The van der Waals surface area contributed by atoms with Crippen molar-refractivity contribution in [1.29, 1.82) is 0 Å². The van der Waals surface area contributed by atoms with Gasteiger partial charge in [0.15, 0.2) is 0 Å². The summed E-state index contributed by atoms with van der Waals surface area (Å²) in [6.45, 7) is 0. The summed E-state index contributed by atoms with van der Waals surface area (Å²) in [6.07, 6.45) is -4.32. The lowest BCUT2D eigenvalue weighted by Gasteiger charge is -2.11. The Morgan fingerprint density at radius 1 is 1.31 bits per heavy atom. The predicted molar refractivity (Wildman–Crippen MR) is 93.7 cm³/mol. The van der Waals surface area contributed by atoms with Crippen molar-refractivity contribution < 1.29 is 22.5 Å². The molecule has 0 atom stereocenters. The second kappa shape index (κ2) is 7.58. The number of nitrogens with one attached hydrogen (secondary N) is 1. The van der Waals surface area contributed by atoms with Crippen LogP contribution in [0.4, 0.5) is 18.9 Å². The maximum absolute atomic E-state index is 12.9. The van der Waals surface area contributed by atoms with Crippen molar-refractivity contribution in [2.75, 3.05) is 5.32 Å². The van der Waals surface area contributed by atoms with E-state index in [1.54, 1.807) is 0 Å². The van der Waals surface area contributed by atoms with E-state index in [0.717, 1.165) is 10.9 Å². The molecule has 1 aromatic carbocycles. The maximum atomic E-state index is 12.9. The van der Waals surface area contributed by atoms with Gasteiger partial charge in [-0.15, -0.1) is 11.3 Å². The van der Waals surface area contributed by atoms with E-state index in [0.29, 0.717) is 5.82 Å². The summed E-state index contributed by atoms with van der Waals surface area (Å²) in [4.78, 5) is 17.0. The quantitative estimate of drug-likeness (QED) is 0.589. The van der Waals surface area contributed by atoms with Crippen LogP contribution >= 0.6 is 27.3 Å². The fourth-order valence-corrected chi connectivity index (χ4v) is 3.25. The Morgan fingerprint density at radius 2 is 2.12 bits per heavy atom. The summed E-state index contributed by atoms with van der Waals surface area (Å²) in [5, 5.41) is 8.15. The Labute approximate surface area is 158 Å². The fraction of sp³-hybridized carbons (Fsp3) is 0.188. The van der Waals surface area contributed by atoms with Crippen molar-refractivity contribution in [2.45, 2.75) is 19.0 Å². The molecule has 0 bridgehead atoms. The van der Waals surface area contributed by atoms with E-state index >= 15 is 0 Å². The van der Waals surface area contributed by atoms with Crippen LogP contribution < -0.4 is 5.32 Å². The molecule has 0 aliphatic heterocycles. The molecule has 3 aromatic rings. The van der Waals surface area contributed by atoms with Gasteiger partial charge in [-0.2, -0.15) is 18.2 Å². The standard InChI is InChI=1S/C16H11BrF3N3O2S/c17-11-4-3-9(8-10(11)16(18,19)20)21-13(24)5-6-14-22-15(23-25-14)12-2-1-7-26-12/h1-4,7-8H,5-6H2,(H,21,24). The Kier molecular flexibility index (Phi) is 5.42. The molecular formula is C16H11BrF3N3O2S. The summed E-state index contributed by atoms with van der Waals surface area (Å²) in [6, 6.07) is 7.21. The molecular weight excluding hydrogens is 435 g/mol. The number of aromatic nitrogens is 2. The van der Waals surface area contributed by atoms with E-state index in [1.807, 2.05) is 17.5 Å². The lowest BCUT2D eigenvalue weighted by molar-refractivity contribution is -0.138. The number of amides is 1. The third kappa shape index (κ3) is 4.50. The molecule has 0 aliphatic rings. The van der Waals surface area contributed by atoms with Crippen LogP contribution in [0.2, 0.25) is 0 Å². The van der Waals surface area contributed by atoms with Gasteiger partial charge < -0.3 is 9.84 Å². The van der Waals surface area contributed by atoms with Gasteiger partial charge in [-0.05, 0) is 29.6 Å². The number of rotatable bonds is 5.